The number of nitrogens with one attached hydrogen (secondary N) is 1. The highest BCUT2D eigenvalue weighted by atomic mass is 16.7. The molecule has 0 aliphatic carbocycles. The predicted molar refractivity (Wildman–Crippen MR) is 58.5 cm³/mol. The van der Waals surface area contributed by atoms with E-state index in [1.807, 2.05) is 34.6 Å². The lowest BCUT2D eigenvalue weighted by atomic mass is 10.0. The molecule has 0 aromatic carbocycles. The zero-order valence-electron chi connectivity index (χ0n) is 10.1. The van der Waals surface area contributed by atoms with Crippen LogP contribution in [0, 0.1) is 5.92 Å². The minimum atomic E-state index is -0.872. The quantitative estimate of drug-likeness (QED) is 0.677. The fourth-order valence-corrected chi connectivity index (χ4v) is 0.919. The Morgan fingerprint density at radius 1 is 1.40 bits per heavy atom. The first kappa shape index (κ1) is 16.8. The smallest absolute Gasteiger partial charge is 0.323 e. The summed E-state index contributed by atoms with van der Waals surface area (Å²) in [6.45, 7) is 9.57. The van der Waals surface area contributed by atoms with Crippen LogP contribution >= 0.6 is 0 Å². The van der Waals surface area contributed by atoms with Crippen LogP contribution in [0.3, 0.4) is 0 Å². The number of hydrogen-bond acceptors (Lipinski definition) is 3. The Hall–Kier alpha value is -0.650. The number of carboxylic acid groups (broad SMARTS) is 1. The van der Waals surface area contributed by atoms with E-state index >= 15 is 0 Å². The third-order valence-electron chi connectivity index (χ3n) is 1.51. The second kappa shape index (κ2) is 6.76. The van der Waals surface area contributed by atoms with Crippen LogP contribution in [0.4, 0.5) is 0 Å². The standard InChI is InChI=1S/C10H21NO3.H2O/c1-7(2)6-8(9(12)13)11-14-10(3,4)5;/h7-8,11H,6H2,1-5H3,(H,12,13);1H2. The summed E-state index contributed by atoms with van der Waals surface area (Å²) in [5.74, 6) is -0.546. The van der Waals surface area contributed by atoms with Gasteiger partial charge in [-0.1, -0.05) is 13.8 Å². The zero-order valence-corrected chi connectivity index (χ0v) is 10.1. The molecular formula is C10H23NO4. The minimum absolute atomic E-state index is 0. The fraction of sp³-hybridized carbons (Fsp3) is 0.900. The van der Waals surface area contributed by atoms with Crippen molar-refractivity contribution in [3.8, 4) is 0 Å². The van der Waals surface area contributed by atoms with Gasteiger partial charge in [0.25, 0.3) is 0 Å². The normalized spacial score (nSPS) is 13.5. The lowest BCUT2D eigenvalue weighted by Gasteiger charge is -2.23. The summed E-state index contributed by atoms with van der Waals surface area (Å²) in [6, 6.07) is -0.630. The van der Waals surface area contributed by atoms with Gasteiger partial charge in [0.05, 0.1) is 5.60 Å². The first-order chi connectivity index (χ1) is 6.22. The molecule has 0 aromatic rings. The molecule has 0 heterocycles. The first-order valence-corrected chi connectivity index (χ1v) is 4.88. The third kappa shape index (κ3) is 9.65. The molecule has 0 saturated heterocycles. The monoisotopic (exact) mass is 221 g/mol. The number of rotatable bonds is 5. The largest absolute Gasteiger partial charge is 0.480 e. The topological polar surface area (TPSA) is 90.1 Å². The molecule has 0 fully saturated rings. The number of hydroxylamine groups is 1. The Bertz CT molecular complexity index is 186. The molecule has 0 amide bonds. The maximum Gasteiger partial charge on any atom is 0.323 e. The van der Waals surface area contributed by atoms with Crippen LogP contribution in [0.1, 0.15) is 41.0 Å². The van der Waals surface area contributed by atoms with Crippen LogP contribution < -0.4 is 5.48 Å². The third-order valence-corrected chi connectivity index (χ3v) is 1.51. The van der Waals surface area contributed by atoms with Crippen LogP contribution in [0.15, 0.2) is 0 Å². The average molecular weight is 221 g/mol. The van der Waals surface area contributed by atoms with E-state index in [0.29, 0.717) is 12.3 Å². The van der Waals surface area contributed by atoms with E-state index in [0.717, 1.165) is 0 Å². The molecule has 92 valence electrons. The van der Waals surface area contributed by atoms with Gasteiger partial charge in [0.1, 0.15) is 6.04 Å². The Labute approximate surface area is 91.1 Å². The fourth-order valence-electron chi connectivity index (χ4n) is 0.919. The summed E-state index contributed by atoms with van der Waals surface area (Å²) in [7, 11) is 0. The van der Waals surface area contributed by atoms with E-state index < -0.39 is 12.0 Å². The Kier molecular flexibility index (Phi) is 7.56. The van der Waals surface area contributed by atoms with Gasteiger partial charge in [0.2, 0.25) is 0 Å². The van der Waals surface area contributed by atoms with Gasteiger partial charge in [-0.05, 0) is 33.1 Å². The molecule has 0 aliphatic heterocycles. The summed E-state index contributed by atoms with van der Waals surface area (Å²) >= 11 is 0. The lowest BCUT2D eigenvalue weighted by Crippen LogP contribution is -2.42. The van der Waals surface area contributed by atoms with E-state index in [4.69, 9.17) is 9.94 Å². The van der Waals surface area contributed by atoms with Crippen molar-refractivity contribution in [2.75, 3.05) is 0 Å². The molecule has 0 rings (SSSR count). The van der Waals surface area contributed by atoms with Gasteiger partial charge in [0, 0.05) is 0 Å². The molecule has 5 heteroatoms. The molecule has 4 N–H and O–H groups in total. The van der Waals surface area contributed by atoms with E-state index in [2.05, 4.69) is 5.48 Å². The van der Waals surface area contributed by atoms with Gasteiger partial charge in [-0.2, -0.15) is 5.48 Å². The van der Waals surface area contributed by atoms with Crippen molar-refractivity contribution >= 4 is 5.97 Å². The highest BCUT2D eigenvalue weighted by molar-refractivity contribution is 5.73. The highest BCUT2D eigenvalue weighted by Gasteiger charge is 2.21. The summed E-state index contributed by atoms with van der Waals surface area (Å²) in [5, 5.41) is 8.88. The van der Waals surface area contributed by atoms with E-state index in [-0.39, 0.29) is 11.1 Å². The molecular weight excluding hydrogens is 198 g/mol. The van der Waals surface area contributed by atoms with Crippen LogP contribution in [-0.2, 0) is 9.63 Å². The van der Waals surface area contributed by atoms with Gasteiger partial charge in [-0.15, -0.1) is 0 Å². The molecule has 0 aromatic heterocycles. The second-order valence-corrected chi connectivity index (χ2v) is 4.85. The maximum atomic E-state index is 10.8. The van der Waals surface area contributed by atoms with Crippen LogP contribution in [-0.4, -0.2) is 28.2 Å². The average Bonchev–Trinajstić information content (AvgIpc) is 1.94. The predicted octanol–water partition coefficient (Wildman–Crippen LogP) is 0.981. The van der Waals surface area contributed by atoms with Gasteiger partial charge in [0.15, 0.2) is 0 Å². The SMILES string of the molecule is CC(C)CC(NOC(C)(C)C)C(=O)O.O. The number of carbonyl (C=O) groups is 1. The lowest BCUT2D eigenvalue weighted by molar-refractivity contribution is -0.151. The summed E-state index contributed by atoms with van der Waals surface area (Å²) < 4.78 is 0. The Balaban J connectivity index is 0. The molecule has 15 heavy (non-hydrogen) atoms. The number of aliphatic carboxylic acids is 1. The van der Waals surface area contributed by atoms with Crippen molar-refractivity contribution in [1.29, 1.82) is 0 Å². The molecule has 1 unspecified atom stereocenters. The summed E-state index contributed by atoms with van der Waals surface area (Å²) in [6.07, 6.45) is 0.561. The van der Waals surface area contributed by atoms with E-state index in [1.54, 1.807) is 0 Å². The van der Waals surface area contributed by atoms with Crippen LogP contribution in [0.2, 0.25) is 0 Å². The zero-order chi connectivity index (χ0) is 11.4. The van der Waals surface area contributed by atoms with Crippen molar-refractivity contribution in [2.45, 2.75) is 52.7 Å². The molecule has 0 aliphatic rings. The molecule has 1 atom stereocenters. The van der Waals surface area contributed by atoms with Crippen molar-refractivity contribution in [2.24, 2.45) is 5.92 Å². The van der Waals surface area contributed by atoms with Crippen LogP contribution in [0.25, 0.3) is 0 Å². The van der Waals surface area contributed by atoms with Gasteiger partial charge in [-0.25, -0.2) is 0 Å². The first-order valence-electron chi connectivity index (χ1n) is 4.88. The van der Waals surface area contributed by atoms with Crippen molar-refractivity contribution in [3.05, 3.63) is 0 Å². The van der Waals surface area contributed by atoms with E-state index in [9.17, 15) is 4.79 Å². The minimum Gasteiger partial charge on any atom is -0.480 e. The molecule has 5 nitrogen and oxygen atoms in total. The molecule has 0 bridgehead atoms. The van der Waals surface area contributed by atoms with Gasteiger partial charge >= 0.3 is 5.97 Å². The maximum absolute atomic E-state index is 10.8. The van der Waals surface area contributed by atoms with Gasteiger partial charge < -0.3 is 10.6 Å². The van der Waals surface area contributed by atoms with Crippen LogP contribution in [0.5, 0.6) is 0 Å². The Morgan fingerprint density at radius 3 is 2.13 bits per heavy atom. The number of carboxylic acids is 1. The molecule has 0 spiro atoms. The number of hydrogen-bond donors (Lipinski definition) is 2. The van der Waals surface area contributed by atoms with Crippen molar-refractivity contribution < 1.29 is 20.2 Å². The molecule has 0 radical (unpaired) electrons. The van der Waals surface area contributed by atoms with Crippen molar-refractivity contribution in [1.82, 2.24) is 5.48 Å². The summed E-state index contributed by atoms with van der Waals surface area (Å²) in [5.41, 5.74) is 2.22. The summed E-state index contributed by atoms with van der Waals surface area (Å²) in [4.78, 5) is 16.0. The Morgan fingerprint density at radius 2 is 1.87 bits per heavy atom. The van der Waals surface area contributed by atoms with Crippen molar-refractivity contribution in [3.63, 3.8) is 0 Å². The van der Waals surface area contributed by atoms with E-state index in [1.165, 1.54) is 0 Å². The second-order valence-electron chi connectivity index (χ2n) is 4.85. The molecule has 0 saturated carbocycles. The van der Waals surface area contributed by atoms with Gasteiger partial charge in [-0.3, -0.25) is 9.63 Å². The highest BCUT2D eigenvalue weighted by Crippen LogP contribution is 2.09.